The number of aliphatic hydroxyl groups is 7. The van der Waals surface area contributed by atoms with Crippen LogP contribution in [0.5, 0.6) is 0 Å². The molecule has 0 spiro atoms. The zero-order chi connectivity index (χ0) is 33.7. The molecule has 4 saturated carbocycles. The number of rotatable bonds is 6. The number of hydrogen-bond acceptors (Lipinski definition) is 13. The Kier molecular flexibility index (Phi) is 8.69. The molecule has 0 aromatic carbocycles. The van der Waals surface area contributed by atoms with Gasteiger partial charge in [-0.15, -0.1) is 0 Å². The van der Waals surface area contributed by atoms with Crippen LogP contribution in [0.15, 0.2) is 11.6 Å². The lowest BCUT2D eigenvalue weighted by molar-refractivity contribution is -0.333. The summed E-state index contributed by atoms with van der Waals surface area (Å²) in [5, 5.41) is 76.4. The lowest BCUT2D eigenvalue weighted by Crippen LogP contribution is -2.66. The largest absolute Gasteiger partial charge is 0.458 e. The lowest BCUT2D eigenvalue weighted by atomic mass is 9.42. The van der Waals surface area contributed by atoms with Crippen molar-refractivity contribution in [3.05, 3.63) is 11.6 Å². The van der Waals surface area contributed by atoms with Crippen LogP contribution in [0, 0.1) is 34.5 Å². The van der Waals surface area contributed by atoms with Gasteiger partial charge in [0.15, 0.2) is 12.6 Å². The van der Waals surface area contributed by atoms with E-state index in [1.165, 1.54) is 0 Å². The van der Waals surface area contributed by atoms with Gasteiger partial charge in [0.25, 0.3) is 0 Å². The third-order valence-electron chi connectivity index (χ3n) is 13.8. The van der Waals surface area contributed by atoms with E-state index in [2.05, 4.69) is 13.8 Å². The zero-order valence-corrected chi connectivity index (χ0v) is 27.4. The number of carbonyl (C=O) groups is 1. The second kappa shape index (κ2) is 11.9. The highest BCUT2D eigenvalue weighted by atomic mass is 16.7. The molecule has 2 saturated heterocycles. The van der Waals surface area contributed by atoms with Crippen molar-refractivity contribution in [2.75, 3.05) is 19.8 Å². The highest BCUT2D eigenvalue weighted by molar-refractivity contribution is 5.85. The van der Waals surface area contributed by atoms with Gasteiger partial charge in [-0.1, -0.05) is 13.8 Å². The molecule has 0 aromatic heterocycles. The molecule has 4 aliphatic carbocycles. The second-order valence-electron chi connectivity index (χ2n) is 16.2. The van der Waals surface area contributed by atoms with Gasteiger partial charge in [-0.3, -0.25) is 0 Å². The van der Waals surface area contributed by atoms with E-state index in [1.807, 2.05) is 0 Å². The number of carbonyl (C=O) groups excluding carboxylic acids is 1. The Hall–Kier alpha value is -1.23. The molecule has 13 nitrogen and oxygen atoms in total. The molecule has 17 atom stereocenters. The van der Waals surface area contributed by atoms with Crippen LogP contribution in [0.25, 0.3) is 0 Å². The van der Waals surface area contributed by atoms with Gasteiger partial charge in [-0.25, -0.2) is 4.79 Å². The van der Waals surface area contributed by atoms with Gasteiger partial charge >= 0.3 is 5.97 Å². The Morgan fingerprint density at radius 1 is 0.979 bits per heavy atom. The van der Waals surface area contributed by atoms with Crippen LogP contribution < -0.4 is 0 Å². The molecule has 0 bridgehead atoms. The van der Waals surface area contributed by atoms with E-state index in [0.29, 0.717) is 25.7 Å². The van der Waals surface area contributed by atoms with Crippen molar-refractivity contribution in [3.63, 3.8) is 0 Å². The number of fused-ring (bicyclic) bond motifs is 5. The number of cyclic esters (lactones) is 1. The van der Waals surface area contributed by atoms with Gasteiger partial charge in [0.2, 0.25) is 0 Å². The van der Waals surface area contributed by atoms with Crippen LogP contribution in [0.3, 0.4) is 0 Å². The molecule has 7 rings (SSSR count). The summed E-state index contributed by atoms with van der Waals surface area (Å²) in [6.07, 6.45) is -2.38. The quantitative estimate of drug-likeness (QED) is 0.146. The molecular weight excluding hydrogens is 616 g/mol. The van der Waals surface area contributed by atoms with E-state index >= 15 is 0 Å². The lowest BCUT2D eigenvalue weighted by Gasteiger charge is -2.65. The maximum Gasteiger partial charge on any atom is 0.331 e. The first-order chi connectivity index (χ1) is 22.1. The maximum atomic E-state index is 12.5. The van der Waals surface area contributed by atoms with Crippen molar-refractivity contribution in [1.82, 2.24) is 0 Å². The molecule has 0 radical (unpaired) electrons. The summed E-state index contributed by atoms with van der Waals surface area (Å²) >= 11 is 0. The molecule has 13 heteroatoms. The third kappa shape index (κ3) is 5.18. The van der Waals surface area contributed by atoms with E-state index in [-0.39, 0.29) is 54.4 Å². The fourth-order valence-electron chi connectivity index (χ4n) is 11.2. The molecule has 7 N–H and O–H groups in total. The summed E-state index contributed by atoms with van der Waals surface area (Å²) in [4.78, 5) is 11.9. The van der Waals surface area contributed by atoms with Gasteiger partial charge in [-0.05, 0) is 93.0 Å². The number of ether oxygens (including phenoxy) is 5. The van der Waals surface area contributed by atoms with E-state index < -0.39 is 72.4 Å². The first kappa shape index (κ1) is 34.2. The van der Waals surface area contributed by atoms with E-state index in [1.54, 1.807) is 13.0 Å². The van der Waals surface area contributed by atoms with Gasteiger partial charge in [0, 0.05) is 11.5 Å². The Labute approximate surface area is 274 Å². The Morgan fingerprint density at radius 2 is 1.74 bits per heavy atom. The fourth-order valence-corrected chi connectivity index (χ4v) is 11.2. The van der Waals surface area contributed by atoms with Gasteiger partial charge in [0.1, 0.15) is 36.6 Å². The summed E-state index contributed by atoms with van der Waals surface area (Å²) in [6, 6.07) is 0. The minimum atomic E-state index is -1.89. The predicted octanol–water partition coefficient (Wildman–Crippen LogP) is -0.108. The van der Waals surface area contributed by atoms with Gasteiger partial charge < -0.3 is 59.4 Å². The van der Waals surface area contributed by atoms with Crippen molar-refractivity contribution in [2.24, 2.45) is 34.5 Å². The monoisotopic (exact) mass is 668 g/mol. The van der Waals surface area contributed by atoms with Crippen LogP contribution in [-0.4, -0.2) is 128 Å². The molecule has 47 heavy (non-hydrogen) atoms. The summed E-state index contributed by atoms with van der Waals surface area (Å²) < 4.78 is 28.6. The first-order valence-electron chi connectivity index (χ1n) is 17.4. The third-order valence-corrected chi connectivity index (χ3v) is 13.8. The SMILES string of the molecule is CC1OC(OC2CCC3(C)C(CCC4C3C(O)CC3(C)C(C5=CC(=O)OC5)CCC43O)C2)C(O)C(O)C1OC1OCC(O)(CO)C1O. The van der Waals surface area contributed by atoms with E-state index in [0.717, 1.165) is 31.3 Å². The number of aliphatic hydroxyl groups excluding tert-OH is 5. The minimum absolute atomic E-state index is 0.00610. The van der Waals surface area contributed by atoms with Crippen LogP contribution >= 0.6 is 0 Å². The standard InChI is InChI=1S/C34H52O13/c1-16-27(47-30-28(40)33(41,14-35)15-44-30)25(38)26(39)29(45-16)46-19-6-8-31(2)18(11-19)4-5-21-24(31)22(36)12-32(3)20(7-9-34(21,32)42)17-10-23(37)43-13-17/h10,16,18-22,24-30,35-36,38-42H,4-9,11-15H2,1-3H3. The Balaban J connectivity index is 1.00. The molecule has 3 heterocycles. The molecule has 0 amide bonds. The summed E-state index contributed by atoms with van der Waals surface area (Å²) in [5.74, 6) is -0.266. The summed E-state index contributed by atoms with van der Waals surface area (Å²) in [5.41, 5.74) is -2.68. The Morgan fingerprint density at radius 3 is 2.43 bits per heavy atom. The van der Waals surface area contributed by atoms with Crippen LogP contribution in [0.2, 0.25) is 0 Å². The second-order valence-corrected chi connectivity index (χ2v) is 16.2. The molecule has 17 unspecified atom stereocenters. The highest BCUT2D eigenvalue weighted by Crippen LogP contribution is 2.70. The molecule has 0 aromatic rings. The normalized spacial score (nSPS) is 56.0. The van der Waals surface area contributed by atoms with Crippen molar-refractivity contribution >= 4 is 5.97 Å². The molecule has 3 aliphatic heterocycles. The van der Waals surface area contributed by atoms with Crippen molar-refractivity contribution in [2.45, 2.75) is 139 Å². The molecule has 6 fully saturated rings. The van der Waals surface area contributed by atoms with Crippen molar-refractivity contribution in [1.29, 1.82) is 0 Å². The van der Waals surface area contributed by atoms with Crippen LogP contribution in [0.1, 0.15) is 72.1 Å². The maximum absolute atomic E-state index is 12.5. The van der Waals surface area contributed by atoms with Gasteiger partial charge in [-0.2, -0.15) is 0 Å². The average molecular weight is 669 g/mol. The van der Waals surface area contributed by atoms with Crippen molar-refractivity contribution in [3.8, 4) is 0 Å². The number of esters is 1. The van der Waals surface area contributed by atoms with E-state index in [9.17, 15) is 40.5 Å². The predicted molar refractivity (Wildman–Crippen MR) is 161 cm³/mol. The topological polar surface area (TPSA) is 205 Å². The molecule has 7 aliphatic rings. The van der Waals surface area contributed by atoms with Crippen LogP contribution in [-0.2, 0) is 28.5 Å². The average Bonchev–Trinajstić information content (AvgIpc) is 3.67. The first-order valence-corrected chi connectivity index (χ1v) is 17.4. The summed E-state index contributed by atoms with van der Waals surface area (Å²) in [6.45, 7) is 5.17. The molecular formula is C34H52O13. The zero-order valence-electron chi connectivity index (χ0n) is 27.4. The van der Waals surface area contributed by atoms with Crippen LogP contribution in [0.4, 0.5) is 0 Å². The Bertz CT molecular complexity index is 1250. The fraction of sp³-hybridized carbons (Fsp3) is 0.912. The smallest absolute Gasteiger partial charge is 0.331 e. The summed E-state index contributed by atoms with van der Waals surface area (Å²) in [7, 11) is 0. The van der Waals surface area contributed by atoms with Gasteiger partial charge in [0.05, 0.1) is 37.1 Å². The molecule has 266 valence electrons. The highest BCUT2D eigenvalue weighted by Gasteiger charge is 2.70. The minimum Gasteiger partial charge on any atom is -0.458 e. The number of hydrogen-bond donors (Lipinski definition) is 7. The van der Waals surface area contributed by atoms with Crippen molar-refractivity contribution < 1.29 is 64.2 Å². The van der Waals surface area contributed by atoms with E-state index in [4.69, 9.17) is 23.7 Å².